The van der Waals surface area contributed by atoms with Gasteiger partial charge in [0.25, 0.3) is 0 Å². The van der Waals surface area contributed by atoms with Gasteiger partial charge in [0.1, 0.15) is 11.8 Å². The molecule has 24 heavy (non-hydrogen) atoms. The Hall–Kier alpha value is -2.12. The quantitative estimate of drug-likeness (QED) is 0.800. The standard InChI is InChI=1S/C17H21NO5S/c1-4-11(2)16(17(19)20)18-24(21,22)15-10-9-14(23-3)12-7-5-6-8-13(12)15/h5-11,16,18H,4H2,1-3H3,(H,19,20)/t11-,16-/m0/s1. The number of nitrogens with one attached hydrogen (secondary N) is 1. The summed E-state index contributed by atoms with van der Waals surface area (Å²) in [6.07, 6.45) is 0.544. The zero-order chi connectivity index (χ0) is 17.9. The van der Waals surface area contributed by atoms with Gasteiger partial charge in [0, 0.05) is 10.8 Å². The summed E-state index contributed by atoms with van der Waals surface area (Å²) in [6, 6.07) is 8.76. The molecule has 2 N–H and O–H groups in total. The second kappa shape index (κ2) is 7.19. The molecule has 130 valence electrons. The molecule has 2 aromatic rings. The van der Waals surface area contributed by atoms with E-state index in [0.717, 1.165) is 0 Å². The van der Waals surface area contributed by atoms with Crippen LogP contribution < -0.4 is 9.46 Å². The van der Waals surface area contributed by atoms with Crippen molar-refractivity contribution in [1.82, 2.24) is 4.72 Å². The van der Waals surface area contributed by atoms with Crippen LogP contribution in [-0.4, -0.2) is 32.6 Å². The molecule has 0 aliphatic heterocycles. The fourth-order valence-electron chi connectivity index (χ4n) is 2.53. The van der Waals surface area contributed by atoms with Crippen LogP contribution in [0.1, 0.15) is 20.3 Å². The van der Waals surface area contributed by atoms with E-state index in [1.54, 1.807) is 37.3 Å². The summed E-state index contributed by atoms with van der Waals surface area (Å²) >= 11 is 0. The third-order valence-corrected chi connectivity index (χ3v) is 5.61. The van der Waals surface area contributed by atoms with Crippen molar-refractivity contribution in [2.45, 2.75) is 31.2 Å². The largest absolute Gasteiger partial charge is 0.496 e. The van der Waals surface area contributed by atoms with Crippen LogP contribution in [0.2, 0.25) is 0 Å². The number of rotatable bonds is 7. The minimum absolute atomic E-state index is 0.0356. The summed E-state index contributed by atoms with van der Waals surface area (Å²) in [7, 11) is -2.49. The van der Waals surface area contributed by atoms with E-state index in [1.807, 2.05) is 6.92 Å². The molecule has 0 unspecified atom stereocenters. The molecule has 2 rings (SSSR count). The Bertz CT molecular complexity index is 847. The lowest BCUT2D eigenvalue weighted by Gasteiger charge is -2.21. The van der Waals surface area contributed by atoms with Crippen molar-refractivity contribution < 1.29 is 23.1 Å². The molecule has 2 atom stereocenters. The number of fused-ring (bicyclic) bond motifs is 1. The van der Waals surface area contributed by atoms with Crippen LogP contribution in [0.3, 0.4) is 0 Å². The summed E-state index contributed by atoms with van der Waals surface area (Å²) in [4.78, 5) is 11.5. The number of aliphatic carboxylic acids is 1. The molecule has 0 aliphatic rings. The third kappa shape index (κ3) is 3.52. The third-order valence-electron chi connectivity index (χ3n) is 4.11. The molecule has 0 amide bonds. The Balaban J connectivity index is 2.54. The van der Waals surface area contributed by atoms with Gasteiger partial charge in [0.15, 0.2) is 0 Å². The molecule has 0 spiro atoms. The molecule has 6 nitrogen and oxygen atoms in total. The summed E-state index contributed by atoms with van der Waals surface area (Å²) in [5.41, 5.74) is 0. The SMILES string of the molecule is CC[C@H](C)[C@H](NS(=O)(=O)c1ccc(OC)c2ccccc12)C(=O)O. The van der Waals surface area contributed by atoms with Gasteiger partial charge in [-0.3, -0.25) is 4.79 Å². The predicted molar refractivity (Wildman–Crippen MR) is 91.7 cm³/mol. The van der Waals surface area contributed by atoms with Gasteiger partial charge in [0.2, 0.25) is 10.0 Å². The molecular formula is C17H21NO5S. The monoisotopic (exact) mass is 351 g/mol. The van der Waals surface area contributed by atoms with Crippen LogP contribution in [0.25, 0.3) is 10.8 Å². The number of carboxylic acid groups (broad SMARTS) is 1. The number of methoxy groups -OCH3 is 1. The molecule has 0 aliphatic carbocycles. The molecule has 0 saturated heterocycles. The first-order chi connectivity index (χ1) is 11.3. The van der Waals surface area contributed by atoms with Gasteiger partial charge in [0.05, 0.1) is 12.0 Å². The lowest BCUT2D eigenvalue weighted by molar-refractivity contribution is -0.140. The number of sulfonamides is 1. The molecule has 0 radical (unpaired) electrons. The van der Waals surface area contributed by atoms with Gasteiger partial charge < -0.3 is 9.84 Å². The van der Waals surface area contributed by atoms with Crippen molar-refractivity contribution in [3.8, 4) is 5.75 Å². The van der Waals surface area contributed by atoms with Crippen LogP contribution in [0.4, 0.5) is 0 Å². The second-order valence-electron chi connectivity index (χ2n) is 5.63. The zero-order valence-corrected chi connectivity index (χ0v) is 14.6. The summed E-state index contributed by atoms with van der Waals surface area (Å²) < 4.78 is 33.1. The Morgan fingerprint density at radius 2 is 1.83 bits per heavy atom. The minimum Gasteiger partial charge on any atom is -0.496 e. The fourth-order valence-corrected chi connectivity index (χ4v) is 4.04. The minimum atomic E-state index is -4.00. The van der Waals surface area contributed by atoms with Crippen LogP contribution in [0, 0.1) is 5.92 Å². The van der Waals surface area contributed by atoms with E-state index >= 15 is 0 Å². The summed E-state index contributed by atoms with van der Waals surface area (Å²) in [5, 5.41) is 10.5. The van der Waals surface area contributed by atoms with Crippen LogP contribution in [0.15, 0.2) is 41.3 Å². The van der Waals surface area contributed by atoms with Gasteiger partial charge in [-0.25, -0.2) is 8.42 Å². The normalized spacial score (nSPS) is 14.3. The van der Waals surface area contributed by atoms with Gasteiger partial charge in [-0.1, -0.05) is 44.5 Å². The number of hydrogen-bond acceptors (Lipinski definition) is 4. The second-order valence-corrected chi connectivity index (χ2v) is 7.32. The molecule has 0 aromatic heterocycles. The maximum absolute atomic E-state index is 12.8. The lowest BCUT2D eigenvalue weighted by atomic mass is 10.0. The number of carboxylic acids is 1. The van der Waals surface area contributed by atoms with Crippen molar-refractivity contribution in [3.63, 3.8) is 0 Å². The van der Waals surface area contributed by atoms with Crippen molar-refractivity contribution in [3.05, 3.63) is 36.4 Å². The summed E-state index contributed by atoms with van der Waals surface area (Å²) in [6.45, 7) is 3.52. The number of hydrogen-bond donors (Lipinski definition) is 2. The van der Waals surface area contributed by atoms with E-state index in [1.165, 1.54) is 13.2 Å². The van der Waals surface area contributed by atoms with Crippen molar-refractivity contribution in [2.24, 2.45) is 5.92 Å². The first kappa shape index (κ1) is 18.2. The smallest absolute Gasteiger partial charge is 0.322 e. The van der Waals surface area contributed by atoms with Crippen LogP contribution in [-0.2, 0) is 14.8 Å². The van der Waals surface area contributed by atoms with E-state index in [-0.39, 0.29) is 10.8 Å². The molecule has 0 fully saturated rings. The maximum Gasteiger partial charge on any atom is 0.322 e. The highest BCUT2D eigenvalue weighted by molar-refractivity contribution is 7.89. The average Bonchev–Trinajstić information content (AvgIpc) is 2.57. The first-order valence-electron chi connectivity index (χ1n) is 7.62. The van der Waals surface area contributed by atoms with Crippen LogP contribution in [0.5, 0.6) is 5.75 Å². The Kier molecular flexibility index (Phi) is 5.46. The highest BCUT2D eigenvalue weighted by Gasteiger charge is 2.30. The maximum atomic E-state index is 12.8. The number of ether oxygens (including phenoxy) is 1. The highest BCUT2D eigenvalue weighted by Crippen LogP contribution is 2.31. The highest BCUT2D eigenvalue weighted by atomic mass is 32.2. The molecule has 0 bridgehead atoms. The van der Waals surface area contributed by atoms with E-state index < -0.39 is 22.0 Å². The number of benzene rings is 2. The zero-order valence-electron chi connectivity index (χ0n) is 13.8. The van der Waals surface area contributed by atoms with E-state index in [9.17, 15) is 18.3 Å². The van der Waals surface area contributed by atoms with Crippen LogP contribution >= 0.6 is 0 Å². The van der Waals surface area contributed by atoms with E-state index in [4.69, 9.17) is 4.74 Å². The van der Waals surface area contributed by atoms with Crippen molar-refractivity contribution >= 4 is 26.8 Å². The topological polar surface area (TPSA) is 92.7 Å². The van der Waals surface area contributed by atoms with E-state index in [2.05, 4.69) is 4.72 Å². The summed E-state index contributed by atoms with van der Waals surface area (Å²) in [5.74, 6) is -0.964. The Morgan fingerprint density at radius 3 is 2.38 bits per heavy atom. The molecule has 0 heterocycles. The molecule has 7 heteroatoms. The van der Waals surface area contributed by atoms with Gasteiger partial charge in [-0.2, -0.15) is 4.72 Å². The van der Waals surface area contributed by atoms with Crippen molar-refractivity contribution in [1.29, 1.82) is 0 Å². The lowest BCUT2D eigenvalue weighted by Crippen LogP contribution is -2.44. The van der Waals surface area contributed by atoms with Gasteiger partial charge >= 0.3 is 5.97 Å². The van der Waals surface area contributed by atoms with Gasteiger partial charge in [-0.15, -0.1) is 0 Å². The Labute approximate surface area is 141 Å². The van der Waals surface area contributed by atoms with Gasteiger partial charge in [-0.05, 0) is 18.1 Å². The molecule has 2 aromatic carbocycles. The molecular weight excluding hydrogens is 330 g/mol. The Morgan fingerprint density at radius 1 is 1.21 bits per heavy atom. The van der Waals surface area contributed by atoms with Crippen molar-refractivity contribution in [2.75, 3.05) is 7.11 Å². The first-order valence-corrected chi connectivity index (χ1v) is 9.11. The average molecular weight is 351 g/mol. The number of carbonyl (C=O) groups is 1. The predicted octanol–water partition coefficient (Wildman–Crippen LogP) is 2.63. The molecule has 0 saturated carbocycles. The van der Waals surface area contributed by atoms with E-state index in [0.29, 0.717) is 22.9 Å². The fraction of sp³-hybridized carbons (Fsp3) is 0.353.